The van der Waals surface area contributed by atoms with Crippen LogP contribution in [0.2, 0.25) is 0 Å². The fourth-order valence-electron chi connectivity index (χ4n) is 2.79. The molecule has 0 fully saturated rings. The molecule has 1 amide bonds. The van der Waals surface area contributed by atoms with Gasteiger partial charge in [-0.25, -0.2) is 4.98 Å². The first-order valence-corrected chi connectivity index (χ1v) is 9.37. The van der Waals surface area contributed by atoms with Gasteiger partial charge in [-0.1, -0.05) is 36.4 Å². The molecular weight excluding hydrogens is 401 g/mol. The summed E-state index contributed by atoms with van der Waals surface area (Å²) in [7, 11) is 0. The molecular formula is C21H13F3N2O2S. The van der Waals surface area contributed by atoms with Crippen LogP contribution in [0, 0.1) is 0 Å². The maximum atomic E-state index is 12.3. The minimum Gasteiger partial charge on any atom is -0.406 e. The van der Waals surface area contributed by atoms with E-state index in [0.717, 1.165) is 34.2 Å². The van der Waals surface area contributed by atoms with Crippen molar-refractivity contribution in [2.24, 2.45) is 0 Å². The zero-order chi connectivity index (χ0) is 20.4. The Hall–Kier alpha value is -3.39. The van der Waals surface area contributed by atoms with Gasteiger partial charge < -0.3 is 4.74 Å². The van der Waals surface area contributed by atoms with Crippen LogP contribution in [-0.2, 0) is 0 Å². The van der Waals surface area contributed by atoms with Crippen molar-refractivity contribution in [1.29, 1.82) is 0 Å². The van der Waals surface area contributed by atoms with Crippen LogP contribution < -0.4 is 10.1 Å². The Morgan fingerprint density at radius 2 is 1.69 bits per heavy atom. The van der Waals surface area contributed by atoms with Crippen molar-refractivity contribution in [2.45, 2.75) is 6.36 Å². The van der Waals surface area contributed by atoms with Crippen molar-refractivity contribution < 1.29 is 22.7 Å². The average molecular weight is 414 g/mol. The molecule has 4 aromatic rings. The van der Waals surface area contributed by atoms with Crippen LogP contribution in [0.15, 0.2) is 72.1 Å². The number of thiazole rings is 1. The normalized spacial score (nSPS) is 11.4. The van der Waals surface area contributed by atoms with Crippen molar-refractivity contribution in [1.82, 2.24) is 4.98 Å². The van der Waals surface area contributed by atoms with Crippen molar-refractivity contribution in [3.63, 3.8) is 0 Å². The Labute approximate surface area is 167 Å². The SMILES string of the molecule is O=C(Nc1nc(-c2ccc3ccccc3c2)cs1)c1ccc(OC(F)(F)F)cc1. The van der Waals surface area contributed by atoms with E-state index >= 15 is 0 Å². The van der Waals surface area contributed by atoms with Crippen LogP contribution in [0.5, 0.6) is 5.75 Å². The maximum Gasteiger partial charge on any atom is 0.573 e. The summed E-state index contributed by atoms with van der Waals surface area (Å²) >= 11 is 1.27. The Balaban J connectivity index is 1.47. The molecule has 0 unspecified atom stereocenters. The van der Waals surface area contributed by atoms with E-state index in [4.69, 9.17) is 0 Å². The number of rotatable bonds is 4. The number of amides is 1. The molecule has 0 saturated carbocycles. The topological polar surface area (TPSA) is 51.2 Å². The summed E-state index contributed by atoms with van der Waals surface area (Å²) in [5.41, 5.74) is 1.85. The van der Waals surface area contributed by atoms with E-state index < -0.39 is 12.3 Å². The Kier molecular flexibility index (Phi) is 4.94. The molecule has 0 aliphatic carbocycles. The van der Waals surface area contributed by atoms with Crippen molar-refractivity contribution in [3.8, 4) is 17.0 Å². The standard InChI is InChI=1S/C21H13F3N2O2S/c22-21(23,24)28-17-9-7-14(8-10-17)19(27)26-20-25-18(12-29-20)16-6-5-13-3-1-2-4-15(13)11-16/h1-12H,(H,25,26,27). The van der Waals surface area contributed by atoms with Gasteiger partial charge in [-0.2, -0.15) is 0 Å². The van der Waals surface area contributed by atoms with Crippen molar-refractivity contribution in [2.75, 3.05) is 5.32 Å². The van der Waals surface area contributed by atoms with E-state index in [1.54, 1.807) is 0 Å². The molecule has 3 aromatic carbocycles. The molecule has 146 valence electrons. The molecule has 0 bridgehead atoms. The van der Waals surface area contributed by atoms with E-state index in [2.05, 4.69) is 15.0 Å². The molecule has 0 saturated heterocycles. The minimum atomic E-state index is -4.77. The third-order valence-corrected chi connectivity index (χ3v) is 4.88. The second kappa shape index (κ2) is 7.56. The third kappa shape index (κ3) is 4.55. The highest BCUT2D eigenvalue weighted by Gasteiger charge is 2.31. The molecule has 1 heterocycles. The number of fused-ring (bicyclic) bond motifs is 1. The summed E-state index contributed by atoms with van der Waals surface area (Å²) in [6.07, 6.45) is -4.77. The lowest BCUT2D eigenvalue weighted by molar-refractivity contribution is -0.274. The lowest BCUT2D eigenvalue weighted by atomic mass is 10.1. The van der Waals surface area contributed by atoms with Gasteiger partial charge in [0.25, 0.3) is 5.91 Å². The van der Waals surface area contributed by atoms with Gasteiger partial charge in [-0.05, 0) is 41.1 Å². The number of aromatic nitrogens is 1. The zero-order valence-electron chi connectivity index (χ0n) is 14.7. The Bertz CT molecular complexity index is 1170. The highest BCUT2D eigenvalue weighted by Crippen LogP contribution is 2.28. The van der Waals surface area contributed by atoms with Crippen LogP contribution in [-0.4, -0.2) is 17.3 Å². The first-order chi connectivity index (χ1) is 13.9. The number of ether oxygens (including phenoxy) is 1. The number of hydrogen-bond donors (Lipinski definition) is 1. The van der Waals surface area contributed by atoms with Crippen LogP contribution in [0.4, 0.5) is 18.3 Å². The molecule has 4 rings (SSSR count). The predicted octanol–water partition coefficient (Wildman–Crippen LogP) is 6.11. The van der Waals surface area contributed by atoms with Crippen LogP contribution in [0.1, 0.15) is 10.4 Å². The average Bonchev–Trinajstić information content (AvgIpc) is 3.15. The number of carbonyl (C=O) groups excluding carboxylic acids is 1. The quantitative estimate of drug-likeness (QED) is 0.438. The van der Waals surface area contributed by atoms with E-state index in [0.29, 0.717) is 5.13 Å². The first-order valence-electron chi connectivity index (χ1n) is 8.49. The zero-order valence-corrected chi connectivity index (χ0v) is 15.6. The molecule has 0 spiro atoms. The number of carbonyl (C=O) groups is 1. The summed E-state index contributed by atoms with van der Waals surface area (Å²) in [6, 6.07) is 18.7. The summed E-state index contributed by atoms with van der Waals surface area (Å²) in [5.74, 6) is -0.857. The predicted molar refractivity (Wildman–Crippen MR) is 106 cm³/mol. The number of alkyl halides is 3. The molecule has 8 heteroatoms. The first kappa shape index (κ1) is 18.9. The monoisotopic (exact) mass is 414 g/mol. The number of halogens is 3. The molecule has 0 aliphatic heterocycles. The fraction of sp³-hybridized carbons (Fsp3) is 0.0476. The van der Waals surface area contributed by atoms with Gasteiger partial charge in [0, 0.05) is 16.5 Å². The van der Waals surface area contributed by atoms with Gasteiger partial charge in [0.05, 0.1) is 5.69 Å². The second-order valence-electron chi connectivity index (χ2n) is 6.13. The number of anilines is 1. The highest BCUT2D eigenvalue weighted by atomic mass is 32.1. The van der Waals surface area contributed by atoms with Crippen molar-refractivity contribution >= 4 is 33.1 Å². The van der Waals surface area contributed by atoms with E-state index in [-0.39, 0.29) is 11.3 Å². The number of benzene rings is 3. The number of hydrogen-bond acceptors (Lipinski definition) is 4. The van der Waals surface area contributed by atoms with Gasteiger partial charge in [-0.15, -0.1) is 24.5 Å². The van der Waals surface area contributed by atoms with Crippen molar-refractivity contribution in [3.05, 3.63) is 77.7 Å². The maximum absolute atomic E-state index is 12.3. The molecule has 1 N–H and O–H groups in total. The van der Waals surface area contributed by atoms with Crippen LogP contribution >= 0.6 is 11.3 Å². The van der Waals surface area contributed by atoms with Gasteiger partial charge >= 0.3 is 6.36 Å². The molecule has 4 nitrogen and oxygen atoms in total. The highest BCUT2D eigenvalue weighted by molar-refractivity contribution is 7.14. The lowest BCUT2D eigenvalue weighted by Gasteiger charge is -2.09. The summed E-state index contributed by atoms with van der Waals surface area (Å²) in [6.45, 7) is 0. The van der Waals surface area contributed by atoms with Gasteiger partial charge in [-0.3, -0.25) is 10.1 Å². The third-order valence-electron chi connectivity index (χ3n) is 4.12. The molecule has 0 aliphatic rings. The van der Waals surface area contributed by atoms with Crippen LogP contribution in [0.25, 0.3) is 22.0 Å². The van der Waals surface area contributed by atoms with Gasteiger partial charge in [0.1, 0.15) is 5.75 Å². The van der Waals surface area contributed by atoms with E-state index in [9.17, 15) is 18.0 Å². The number of nitrogens with one attached hydrogen (secondary N) is 1. The molecule has 29 heavy (non-hydrogen) atoms. The van der Waals surface area contributed by atoms with Gasteiger partial charge in [0.15, 0.2) is 5.13 Å². The minimum absolute atomic E-state index is 0.196. The molecule has 0 atom stereocenters. The smallest absolute Gasteiger partial charge is 0.406 e. The number of nitrogens with zero attached hydrogens (tertiary/aromatic N) is 1. The summed E-state index contributed by atoms with van der Waals surface area (Å²) in [5, 5.41) is 7.10. The largest absolute Gasteiger partial charge is 0.573 e. The lowest BCUT2D eigenvalue weighted by Crippen LogP contribution is -2.17. The van der Waals surface area contributed by atoms with Crippen LogP contribution in [0.3, 0.4) is 0 Å². The fourth-order valence-corrected chi connectivity index (χ4v) is 3.50. The summed E-state index contributed by atoms with van der Waals surface area (Å²) in [4.78, 5) is 16.8. The summed E-state index contributed by atoms with van der Waals surface area (Å²) < 4.78 is 40.4. The molecule has 0 radical (unpaired) electrons. The Morgan fingerprint density at radius 3 is 2.41 bits per heavy atom. The second-order valence-corrected chi connectivity index (χ2v) is 6.98. The van der Waals surface area contributed by atoms with E-state index in [1.807, 2.05) is 47.8 Å². The Morgan fingerprint density at radius 1 is 0.966 bits per heavy atom. The van der Waals surface area contributed by atoms with Gasteiger partial charge in [0.2, 0.25) is 0 Å². The molecule has 1 aromatic heterocycles. The van der Waals surface area contributed by atoms with E-state index in [1.165, 1.54) is 23.5 Å².